The second kappa shape index (κ2) is 5.41. The van der Waals surface area contributed by atoms with E-state index in [0.29, 0.717) is 11.5 Å². The highest BCUT2D eigenvalue weighted by Gasteiger charge is 2.11. The van der Waals surface area contributed by atoms with Gasteiger partial charge in [-0.1, -0.05) is 6.07 Å². The third kappa shape index (κ3) is 2.83. The molecule has 0 bridgehead atoms. The van der Waals surface area contributed by atoms with Crippen LogP contribution >= 0.6 is 11.8 Å². The molecule has 96 valence electrons. The normalized spacial score (nSPS) is 12.8. The number of rotatable bonds is 5. The van der Waals surface area contributed by atoms with Gasteiger partial charge in [0, 0.05) is 23.9 Å². The largest absolute Gasteiger partial charge is 0.480 e. The van der Waals surface area contributed by atoms with Gasteiger partial charge in [0.2, 0.25) is 0 Å². The Bertz CT molecular complexity index is 567. The molecule has 2 heterocycles. The van der Waals surface area contributed by atoms with Crippen molar-refractivity contribution in [1.82, 2.24) is 9.38 Å². The number of aliphatic carboxylic acids is 1. The minimum atomic E-state index is -0.964. The molecule has 2 aromatic rings. The minimum absolute atomic E-state index is 0.391. The molecule has 5 nitrogen and oxygen atoms in total. The summed E-state index contributed by atoms with van der Waals surface area (Å²) in [5.74, 6) is 0.0953. The molecule has 0 saturated carbocycles. The third-order valence-corrected chi connectivity index (χ3v) is 3.69. The first-order valence-corrected chi connectivity index (χ1v) is 6.72. The van der Waals surface area contributed by atoms with Gasteiger partial charge in [-0.15, -0.1) is 0 Å². The highest BCUT2D eigenvalue weighted by molar-refractivity contribution is 7.98. The number of hydrogen-bond donors (Lipinski definition) is 2. The molecular formula is C12H15N3O2S. The Hall–Kier alpha value is -1.53. The van der Waals surface area contributed by atoms with Gasteiger partial charge in [-0.25, -0.2) is 4.98 Å². The smallest absolute Gasteiger partial charge is 0.321 e. The van der Waals surface area contributed by atoms with Gasteiger partial charge < -0.3 is 15.2 Å². The highest BCUT2D eigenvalue weighted by Crippen LogP contribution is 2.15. The van der Waals surface area contributed by atoms with Crippen molar-refractivity contribution in [2.45, 2.75) is 18.7 Å². The molecule has 3 N–H and O–H groups in total. The first kappa shape index (κ1) is 12.9. The van der Waals surface area contributed by atoms with Crippen LogP contribution in [0, 0.1) is 6.92 Å². The van der Waals surface area contributed by atoms with Crippen LogP contribution in [-0.4, -0.2) is 32.3 Å². The lowest BCUT2D eigenvalue weighted by Gasteiger charge is -2.03. The fourth-order valence-electron chi connectivity index (χ4n) is 1.64. The molecule has 0 aliphatic carbocycles. The van der Waals surface area contributed by atoms with Gasteiger partial charge in [0.15, 0.2) is 0 Å². The van der Waals surface area contributed by atoms with Crippen LogP contribution in [0.2, 0.25) is 0 Å². The van der Waals surface area contributed by atoms with E-state index in [4.69, 9.17) is 10.8 Å². The Kier molecular flexibility index (Phi) is 3.88. The van der Waals surface area contributed by atoms with Crippen molar-refractivity contribution in [3.8, 4) is 0 Å². The highest BCUT2D eigenvalue weighted by atomic mass is 32.2. The molecule has 0 spiro atoms. The third-order valence-electron chi connectivity index (χ3n) is 2.59. The van der Waals surface area contributed by atoms with Gasteiger partial charge in [-0.3, -0.25) is 4.79 Å². The fourth-order valence-corrected chi connectivity index (χ4v) is 2.50. The number of pyridine rings is 1. The quantitative estimate of drug-likeness (QED) is 0.851. The van der Waals surface area contributed by atoms with Gasteiger partial charge in [0.1, 0.15) is 11.7 Å². The second-order valence-electron chi connectivity index (χ2n) is 4.11. The summed E-state index contributed by atoms with van der Waals surface area (Å²) in [5, 5.41) is 8.67. The van der Waals surface area contributed by atoms with Gasteiger partial charge in [0.05, 0.1) is 5.69 Å². The molecule has 0 unspecified atom stereocenters. The van der Waals surface area contributed by atoms with Crippen molar-refractivity contribution in [3.05, 3.63) is 35.8 Å². The van der Waals surface area contributed by atoms with E-state index in [1.807, 2.05) is 35.9 Å². The van der Waals surface area contributed by atoms with Crippen LogP contribution in [0.3, 0.4) is 0 Å². The van der Waals surface area contributed by atoms with Crippen LogP contribution in [0.25, 0.3) is 5.65 Å². The van der Waals surface area contributed by atoms with Crippen LogP contribution in [-0.2, 0) is 10.5 Å². The van der Waals surface area contributed by atoms with Gasteiger partial charge in [-0.05, 0) is 18.6 Å². The van der Waals surface area contributed by atoms with Crippen molar-refractivity contribution in [3.63, 3.8) is 0 Å². The molecule has 0 saturated heterocycles. The summed E-state index contributed by atoms with van der Waals surface area (Å²) in [7, 11) is 0. The van der Waals surface area contributed by atoms with E-state index in [2.05, 4.69) is 4.98 Å². The zero-order valence-corrected chi connectivity index (χ0v) is 10.9. The number of nitrogens with zero attached hydrogens (tertiary/aromatic N) is 2. The van der Waals surface area contributed by atoms with E-state index in [9.17, 15) is 4.79 Å². The molecule has 0 amide bonds. The zero-order chi connectivity index (χ0) is 13.1. The number of carboxylic acid groups (broad SMARTS) is 1. The molecule has 0 radical (unpaired) electrons. The van der Waals surface area contributed by atoms with E-state index in [1.165, 1.54) is 11.8 Å². The van der Waals surface area contributed by atoms with Crippen LogP contribution in [0.15, 0.2) is 24.5 Å². The number of nitrogens with two attached hydrogens (primary N) is 1. The topological polar surface area (TPSA) is 80.6 Å². The van der Waals surface area contributed by atoms with Crippen molar-refractivity contribution in [1.29, 1.82) is 0 Å². The molecule has 6 heteroatoms. The lowest BCUT2D eigenvalue weighted by atomic mass is 10.3. The number of aromatic nitrogens is 2. The summed E-state index contributed by atoms with van der Waals surface area (Å²) in [6.07, 6.45) is 3.91. The maximum absolute atomic E-state index is 10.6. The lowest BCUT2D eigenvalue weighted by molar-refractivity contribution is -0.137. The summed E-state index contributed by atoms with van der Waals surface area (Å²) >= 11 is 1.48. The van der Waals surface area contributed by atoms with Gasteiger partial charge in [-0.2, -0.15) is 11.8 Å². The van der Waals surface area contributed by atoms with Crippen molar-refractivity contribution in [2.75, 3.05) is 5.75 Å². The first-order valence-electron chi connectivity index (χ1n) is 5.57. The zero-order valence-electron chi connectivity index (χ0n) is 10.0. The maximum atomic E-state index is 10.6. The summed E-state index contributed by atoms with van der Waals surface area (Å²) < 4.78 is 1.97. The number of fused-ring (bicyclic) bond motifs is 1. The van der Waals surface area contributed by atoms with Crippen molar-refractivity contribution in [2.24, 2.45) is 5.73 Å². The summed E-state index contributed by atoms with van der Waals surface area (Å²) in [4.78, 5) is 15.1. The molecule has 0 fully saturated rings. The van der Waals surface area contributed by atoms with E-state index in [0.717, 1.165) is 16.9 Å². The predicted molar refractivity (Wildman–Crippen MR) is 71.7 cm³/mol. The average molecular weight is 265 g/mol. The van der Waals surface area contributed by atoms with E-state index < -0.39 is 12.0 Å². The summed E-state index contributed by atoms with van der Waals surface area (Å²) in [5.41, 5.74) is 8.43. The molecule has 1 atom stereocenters. The number of carbonyl (C=O) groups is 1. The van der Waals surface area contributed by atoms with Crippen LogP contribution in [0.1, 0.15) is 11.3 Å². The monoisotopic (exact) mass is 265 g/mol. The Morgan fingerprint density at radius 3 is 3.11 bits per heavy atom. The lowest BCUT2D eigenvalue weighted by Crippen LogP contribution is -2.32. The molecule has 2 rings (SSSR count). The number of thioether (sulfide) groups is 1. The Morgan fingerprint density at radius 2 is 2.44 bits per heavy atom. The average Bonchev–Trinajstić information content (AvgIpc) is 2.73. The van der Waals surface area contributed by atoms with E-state index in [1.54, 1.807) is 0 Å². The maximum Gasteiger partial charge on any atom is 0.321 e. The van der Waals surface area contributed by atoms with Gasteiger partial charge >= 0.3 is 5.97 Å². The Balaban J connectivity index is 2.00. The standard InChI is InChI=1S/C12H15N3O2S/c1-8-3-2-4-15-5-9(14-11(8)15)6-18-7-10(13)12(16)17/h2-5,10H,6-7,13H2,1H3,(H,16,17)/t10-/m1/s1. The number of carboxylic acids is 1. The molecule has 0 aromatic carbocycles. The number of imidazole rings is 1. The predicted octanol–water partition coefficient (Wildman–Crippen LogP) is 1.29. The Morgan fingerprint density at radius 1 is 1.67 bits per heavy atom. The first-order chi connectivity index (χ1) is 8.58. The van der Waals surface area contributed by atoms with Crippen LogP contribution in [0.5, 0.6) is 0 Å². The molecule has 0 aliphatic heterocycles. The number of aryl methyl sites for hydroxylation is 1. The van der Waals surface area contributed by atoms with Crippen molar-refractivity contribution >= 4 is 23.4 Å². The second-order valence-corrected chi connectivity index (χ2v) is 5.14. The molecular weight excluding hydrogens is 250 g/mol. The SMILES string of the molecule is Cc1cccn2cc(CSC[C@@H](N)C(=O)O)nc12. The van der Waals surface area contributed by atoms with Crippen molar-refractivity contribution < 1.29 is 9.90 Å². The summed E-state index contributed by atoms with van der Waals surface area (Å²) in [6, 6.07) is 3.18. The van der Waals surface area contributed by atoms with E-state index in [-0.39, 0.29) is 0 Å². The van der Waals surface area contributed by atoms with E-state index >= 15 is 0 Å². The fraction of sp³-hybridized carbons (Fsp3) is 0.333. The van der Waals surface area contributed by atoms with Crippen LogP contribution < -0.4 is 5.73 Å². The van der Waals surface area contributed by atoms with Gasteiger partial charge in [0.25, 0.3) is 0 Å². The molecule has 2 aromatic heterocycles. The minimum Gasteiger partial charge on any atom is -0.480 e. The summed E-state index contributed by atoms with van der Waals surface area (Å²) in [6.45, 7) is 2.01. The molecule has 18 heavy (non-hydrogen) atoms. The Labute approximate surface area is 109 Å². The molecule has 0 aliphatic rings. The van der Waals surface area contributed by atoms with Crippen LogP contribution in [0.4, 0.5) is 0 Å². The number of hydrogen-bond acceptors (Lipinski definition) is 4.